The Morgan fingerprint density at radius 1 is 1.65 bits per heavy atom. The molecule has 1 fully saturated rings. The normalized spacial score (nSPS) is 25.2. The summed E-state index contributed by atoms with van der Waals surface area (Å²) < 4.78 is 3.85. The molecule has 6 nitrogen and oxygen atoms in total. The first-order valence-electron chi connectivity index (χ1n) is 5.41. The summed E-state index contributed by atoms with van der Waals surface area (Å²) in [7, 11) is 0. The minimum Gasteiger partial charge on any atom is -0.381 e. The maximum atomic E-state index is 11.0. The van der Waals surface area contributed by atoms with Crippen LogP contribution >= 0.6 is 31.9 Å². The molecule has 2 heterocycles. The number of alkyl halides is 2. The fourth-order valence-corrected chi connectivity index (χ4v) is 2.82. The molecule has 0 aromatic carbocycles. The maximum absolute atomic E-state index is 11.0. The molecule has 0 N–H and O–H groups in total. The molecule has 1 unspecified atom stereocenters. The van der Waals surface area contributed by atoms with E-state index in [9.17, 15) is 10.1 Å². The van der Waals surface area contributed by atoms with Crippen molar-refractivity contribution in [3.63, 3.8) is 0 Å². The lowest BCUT2D eigenvalue weighted by atomic mass is 10.1. The Labute approximate surface area is 116 Å². The molecular formula is C9H13Br2N3O3. The lowest BCUT2D eigenvalue weighted by Crippen LogP contribution is -2.45. The summed E-state index contributed by atoms with van der Waals surface area (Å²) >= 11 is 6.15. The van der Waals surface area contributed by atoms with Crippen molar-refractivity contribution in [2.75, 3.05) is 32.8 Å². The van der Waals surface area contributed by atoms with E-state index in [4.69, 9.17) is 4.74 Å². The number of amidine groups is 1. The van der Waals surface area contributed by atoms with Crippen LogP contribution in [0.25, 0.3) is 0 Å². The average molecular weight is 371 g/mol. The van der Waals surface area contributed by atoms with Gasteiger partial charge in [0.2, 0.25) is 5.84 Å². The zero-order valence-electron chi connectivity index (χ0n) is 9.14. The van der Waals surface area contributed by atoms with Crippen LogP contribution in [0, 0.1) is 16.0 Å². The molecule has 2 aliphatic heterocycles. The lowest BCUT2D eigenvalue weighted by Gasteiger charge is -2.25. The highest BCUT2D eigenvalue weighted by atomic mass is 79.9. The third-order valence-corrected chi connectivity index (χ3v) is 4.22. The van der Waals surface area contributed by atoms with Crippen LogP contribution in [0.4, 0.5) is 0 Å². The van der Waals surface area contributed by atoms with Crippen molar-refractivity contribution in [3.8, 4) is 0 Å². The Kier molecular flexibility index (Phi) is 4.04. The predicted molar refractivity (Wildman–Crippen MR) is 70.4 cm³/mol. The Morgan fingerprint density at radius 2 is 2.41 bits per heavy atom. The molecule has 1 atom stereocenters. The maximum Gasteiger partial charge on any atom is 0.382 e. The van der Waals surface area contributed by atoms with Crippen molar-refractivity contribution >= 4 is 37.7 Å². The second-order valence-electron chi connectivity index (χ2n) is 4.18. The number of ether oxygens (including phenoxy) is 1. The standard InChI is InChI=1S/C9H13Br2N3O3/c10-9(11,14(15)16)8-12-2-3-13(8)5-7-1-4-17-6-7/h7H,1-6H2. The van der Waals surface area contributed by atoms with Gasteiger partial charge < -0.3 is 9.64 Å². The smallest absolute Gasteiger partial charge is 0.381 e. The van der Waals surface area contributed by atoms with Gasteiger partial charge in [0.1, 0.15) is 0 Å². The Balaban J connectivity index is 2.03. The molecule has 8 heteroatoms. The highest BCUT2D eigenvalue weighted by Crippen LogP contribution is 2.32. The first-order valence-corrected chi connectivity index (χ1v) is 7.00. The monoisotopic (exact) mass is 369 g/mol. The quantitative estimate of drug-likeness (QED) is 0.325. The molecule has 2 rings (SSSR count). The molecule has 0 aromatic heterocycles. The average Bonchev–Trinajstić information content (AvgIpc) is 2.89. The summed E-state index contributed by atoms with van der Waals surface area (Å²) in [4.78, 5) is 16.7. The molecular weight excluding hydrogens is 358 g/mol. The van der Waals surface area contributed by atoms with E-state index in [0.717, 1.165) is 32.7 Å². The van der Waals surface area contributed by atoms with Crippen LogP contribution in [0.2, 0.25) is 0 Å². The van der Waals surface area contributed by atoms with E-state index in [1.807, 2.05) is 4.90 Å². The molecule has 0 spiro atoms. The van der Waals surface area contributed by atoms with Gasteiger partial charge in [-0.05, 0) is 6.42 Å². The zero-order valence-corrected chi connectivity index (χ0v) is 12.3. The summed E-state index contributed by atoms with van der Waals surface area (Å²) in [6.45, 7) is 3.63. The third-order valence-electron chi connectivity index (χ3n) is 2.93. The molecule has 0 aromatic rings. The minimum absolute atomic E-state index is 0.421. The van der Waals surface area contributed by atoms with Crippen LogP contribution in [0.1, 0.15) is 6.42 Å². The van der Waals surface area contributed by atoms with E-state index in [0.29, 0.717) is 18.3 Å². The van der Waals surface area contributed by atoms with Gasteiger partial charge in [0.15, 0.2) is 0 Å². The fraction of sp³-hybridized carbons (Fsp3) is 0.889. The van der Waals surface area contributed by atoms with E-state index < -0.39 is 8.28 Å². The Hall–Kier alpha value is -0.210. The highest BCUT2D eigenvalue weighted by Gasteiger charge is 2.47. The minimum atomic E-state index is -1.46. The molecule has 0 aliphatic carbocycles. The van der Waals surface area contributed by atoms with Gasteiger partial charge in [0.25, 0.3) is 0 Å². The second kappa shape index (κ2) is 5.19. The first kappa shape index (κ1) is 13.2. The Bertz CT molecular complexity index is 342. The van der Waals surface area contributed by atoms with E-state index in [2.05, 4.69) is 36.9 Å². The van der Waals surface area contributed by atoms with Crippen LogP contribution in [0.3, 0.4) is 0 Å². The molecule has 2 aliphatic rings. The molecule has 0 radical (unpaired) electrons. The van der Waals surface area contributed by atoms with Crippen LogP contribution in [-0.4, -0.2) is 51.9 Å². The Morgan fingerprint density at radius 3 is 3.00 bits per heavy atom. The topological polar surface area (TPSA) is 68.0 Å². The molecule has 0 bridgehead atoms. The van der Waals surface area contributed by atoms with E-state index in [1.165, 1.54) is 0 Å². The summed E-state index contributed by atoms with van der Waals surface area (Å²) in [5, 5.41) is 11.0. The molecule has 1 saturated heterocycles. The molecule has 0 saturated carbocycles. The predicted octanol–water partition coefficient (Wildman–Crippen LogP) is 1.46. The van der Waals surface area contributed by atoms with E-state index >= 15 is 0 Å². The van der Waals surface area contributed by atoms with Crippen LogP contribution < -0.4 is 0 Å². The van der Waals surface area contributed by atoms with Crippen molar-refractivity contribution in [1.29, 1.82) is 0 Å². The number of hydrogen-bond donors (Lipinski definition) is 0. The molecule has 96 valence electrons. The highest BCUT2D eigenvalue weighted by molar-refractivity contribution is 9.25. The van der Waals surface area contributed by atoms with Crippen molar-refractivity contribution in [2.45, 2.75) is 9.78 Å². The first-order chi connectivity index (χ1) is 8.01. The van der Waals surface area contributed by atoms with Crippen LogP contribution in [0.15, 0.2) is 4.99 Å². The van der Waals surface area contributed by atoms with Gasteiger partial charge in [-0.25, -0.2) is 0 Å². The van der Waals surface area contributed by atoms with E-state index in [1.54, 1.807) is 0 Å². The second-order valence-corrected chi connectivity index (χ2v) is 7.54. The molecule has 0 amide bonds. The fourth-order valence-electron chi connectivity index (χ4n) is 2.07. The largest absolute Gasteiger partial charge is 0.382 e. The van der Waals surface area contributed by atoms with Gasteiger partial charge in [0.05, 0.1) is 18.1 Å². The zero-order chi connectivity index (χ0) is 12.5. The van der Waals surface area contributed by atoms with Crippen LogP contribution in [0.5, 0.6) is 0 Å². The number of nitro groups is 1. The van der Waals surface area contributed by atoms with Gasteiger partial charge >= 0.3 is 3.36 Å². The number of hydrogen-bond acceptors (Lipinski definition) is 5. The van der Waals surface area contributed by atoms with Crippen LogP contribution in [-0.2, 0) is 4.74 Å². The third kappa shape index (κ3) is 2.79. The van der Waals surface area contributed by atoms with E-state index in [-0.39, 0.29) is 0 Å². The van der Waals surface area contributed by atoms with Gasteiger partial charge in [0, 0.05) is 57.5 Å². The van der Waals surface area contributed by atoms with Crippen molar-refractivity contribution in [3.05, 3.63) is 10.1 Å². The lowest BCUT2D eigenvalue weighted by molar-refractivity contribution is -0.486. The van der Waals surface area contributed by atoms with Gasteiger partial charge in [-0.3, -0.25) is 15.1 Å². The molecule has 17 heavy (non-hydrogen) atoms. The number of aliphatic imine (C=N–C) groups is 1. The summed E-state index contributed by atoms with van der Waals surface area (Å²) in [6, 6.07) is 0. The van der Waals surface area contributed by atoms with Crippen molar-refractivity contribution < 1.29 is 9.66 Å². The van der Waals surface area contributed by atoms with Crippen molar-refractivity contribution in [2.24, 2.45) is 10.9 Å². The number of halogens is 2. The summed E-state index contributed by atoms with van der Waals surface area (Å²) in [5.74, 6) is 0.898. The van der Waals surface area contributed by atoms with Gasteiger partial charge in [-0.2, -0.15) is 0 Å². The summed E-state index contributed by atoms with van der Waals surface area (Å²) in [5.41, 5.74) is 0. The number of rotatable bonds is 4. The number of nitrogens with zero attached hydrogens (tertiary/aromatic N) is 3. The summed E-state index contributed by atoms with van der Waals surface area (Å²) in [6.07, 6.45) is 1.01. The van der Waals surface area contributed by atoms with Gasteiger partial charge in [-0.15, -0.1) is 0 Å². The SMILES string of the molecule is O=[N+]([O-])C(Br)(Br)C1=NCCN1CC1CCOC1. The van der Waals surface area contributed by atoms with Gasteiger partial charge in [-0.1, -0.05) is 0 Å². The van der Waals surface area contributed by atoms with Crippen molar-refractivity contribution in [1.82, 2.24) is 4.90 Å².